The molecule has 1 aromatic heterocycles. The summed E-state index contributed by atoms with van der Waals surface area (Å²) >= 11 is 0. The van der Waals surface area contributed by atoms with E-state index < -0.39 is 0 Å². The van der Waals surface area contributed by atoms with Crippen molar-refractivity contribution < 1.29 is 5.11 Å². The monoisotopic (exact) mass is 238 g/mol. The first-order valence-electron chi connectivity index (χ1n) is 6.27. The van der Waals surface area contributed by atoms with Crippen molar-refractivity contribution in [2.24, 2.45) is 0 Å². The van der Waals surface area contributed by atoms with Crippen molar-refractivity contribution in [2.45, 2.75) is 51.7 Å². The van der Waals surface area contributed by atoms with Crippen LogP contribution in [0.5, 0.6) is 0 Å². The van der Waals surface area contributed by atoms with Gasteiger partial charge in [0.2, 0.25) is 0 Å². The highest BCUT2D eigenvalue weighted by Gasteiger charge is 2.25. The number of fused-ring (bicyclic) bond motifs is 1. The number of aliphatic hydroxyl groups is 1. The van der Waals surface area contributed by atoms with Crippen LogP contribution < -0.4 is 0 Å². The molecule has 0 atom stereocenters. The summed E-state index contributed by atoms with van der Waals surface area (Å²) in [7, 11) is 2.01. The summed E-state index contributed by atoms with van der Waals surface area (Å²) in [5, 5.41) is 17.9. The van der Waals surface area contributed by atoms with Gasteiger partial charge in [-0.05, 0) is 33.7 Å². The Kier molecular flexibility index (Phi) is 3.49. The third-order valence-electron chi connectivity index (χ3n) is 3.73. The number of rotatable bonds is 4. The van der Waals surface area contributed by atoms with E-state index in [2.05, 4.69) is 19.7 Å². The maximum Gasteiger partial charge on any atom is 0.147 e. The van der Waals surface area contributed by atoms with Crippen LogP contribution in [0.25, 0.3) is 0 Å². The lowest BCUT2D eigenvalue weighted by Gasteiger charge is -2.33. The van der Waals surface area contributed by atoms with E-state index in [0.717, 1.165) is 31.2 Å². The van der Waals surface area contributed by atoms with Crippen molar-refractivity contribution in [1.29, 1.82) is 0 Å². The number of hydrogen-bond donors (Lipinski definition) is 1. The van der Waals surface area contributed by atoms with Gasteiger partial charge in [-0.2, -0.15) is 0 Å². The molecular weight excluding hydrogens is 216 g/mol. The van der Waals surface area contributed by atoms with Gasteiger partial charge in [0.25, 0.3) is 0 Å². The topological polar surface area (TPSA) is 54.2 Å². The fraction of sp³-hybridized carbons (Fsp3) is 0.833. The first kappa shape index (κ1) is 12.5. The van der Waals surface area contributed by atoms with E-state index in [1.807, 2.05) is 20.9 Å². The molecule has 0 bridgehead atoms. The first-order valence-corrected chi connectivity index (χ1v) is 6.27. The van der Waals surface area contributed by atoms with Crippen LogP contribution in [0.3, 0.4) is 0 Å². The minimum Gasteiger partial charge on any atom is -0.394 e. The second-order valence-electron chi connectivity index (χ2n) is 5.47. The lowest BCUT2D eigenvalue weighted by Crippen LogP contribution is -2.44. The van der Waals surface area contributed by atoms with Gasteiger partial charge in [0.1, 0.15) is 11.6 Å². The molecule has 5 nitrogen and oxygen atoms in total. The van der Waals surface area contributed by atoms with Crippen molar-refractivity contribution in [1.82, 2.24) is 19.7 Å². The minimum atomic E-state index is -0.221. The summed E-state index contributed by atoms with van der Waals surface area (Å²) in [6, 6.07) is 0. The minimum absolute atomic E-state index is 0.143. The van der Waals surface area contributed by atoms with Crippen LogP contribution in [0.4, 0.5) is 0 Å². The molecule has 0 amide bonds. The molecule has 0 unspecified atom stereocenters. The number of nitrogens with zero attached hydrogens (tertiary/aromatic N) is 4. The third-order valence-corrected chi connectivity index (χ3v) is 3.73. The van der Waals surface area contributed by atoms with Crippen molar-refractivity contribution in [2.75, 3.05) is 13.7 Å². The van der Waals surface area contributed by atoms with E-state index in [9.17, 15) is 5.11 Å². The van der Waals surface area contributed by atoms with E-state index in [1.165, 1.54) is 12.8 Å². The maximum atomic E-state index is 9.35. The van der Waals surface area contributed by atoms with E-state index in [-0.39, 0.29) is 12.1 Å². The van der Waals surface area contributed by atoms with Crippen LogP contribution in [0.2, 0.25) is 0 Å². The summed E-state index contributed by atoms with van der Waals surface area (Å²) in [4.78, 5) is 2.12. The average molecular weight is 238 g/mol. The Bertz CT molecular complexity index is 386. The molecule has 1 aliphatic rings. The SMILES string of the molecule is CN(Cc1nnc2n1CCCC2)C(C)(C)CO. The molecule has 0 fully saturated rings. The van der Waals surface area contributed by atoms with Crippen LogP contribution in [-0.4, -0.2) is 44.0 Å². The first-order chi connectivity index (χ1) is 8.04. The molecular formula is C12H22N4O. The molecule has 96 valence electrons. The Hall–Kier alpha value is -0.940. The van der Waals surface area contributed by atoms with Gasteiger partial charge in [0.15, 0.2) is 0 Å². The fourth-order valence-corrected chi connectivity index (χ4v) is 2.03. The van der Waals surface area contributed by atoms with Crippen molar-refractivity contribution >= 4 is 0 Å². The predicted octanol–water partition coefficient (Wildman–Crippen LogP) is 0.817. The fourth-order valence-electron chi connectivity index (χ4n) is 2.03. The molecule has 5 heteroatoms. The van der Waals surface area contributed by atoms with Crippen LogP contribution >= 0.6 is 0 Å². The molecule has 2 rings (SSSR count). The number of hydrogen-bond acceptors (Lipinski definition) is 4. The second-order valence-corrected chi connectivity index (χ2v) is 5.47. The van der Waals surface area contributed by atoms with Gasteiger partial charge in [-0.25, -0.2) is 0 Å². The summed E-state index contributed by atoms with van der Waals surface area (Å²) in [6.07, 6.45) is 3.47. The molecule has 0 aliphatic carbocycles. The molecule has 0 aromatic carbocycles. The van der Waals surface area contributed by atoms with Gasteiger partial charge in [0, 0.05) is 18.5 Å². The maximum absolute atomic E-state index is 9.35. The van der Waals surface area contributed by atoms with Gasteiger partial charge >= 0.3 is 0 Å². The Morgan fingerprint density at radius 2 is 2.12 bits per heavy atom. The van der Waals surface area contributed by atoms with E-state index in [1.54, 1.807) is 0 Å². The van der Waals surface area contributed by atoms with Gasteiger partial charge in [0.05, 0.1) is 13.2 Å². The van der Waals surface area contributed by atoms with E-state index in [0.29, 0.717) is 0 Å². The second kappa shape index (κ2) is 4.74. The summed E-state index contributed by atoms with van der Waals surface area (Å²) < 4.78 is 2.23. The van der Waals surface area contributed by atoms with Gasteiger partial charge < -0.3 is 9.67 Å². The summed E-state index contributed by atoms with van der Waals surface area (Å²) in [6.45, 7) is 5.97. The van der Waals surface area contributed by atoms with Crippen LogP contribution in [0.15, 0.2) is 0 Å². The predicted molar refractivity (Wildman–Crippen MR) is 65.6 cm³/mol. The standard InChI is InChI=1S/C12H22N4O/c1-12(2,9-17)15(3)8-11-14-13-10-6-4-5-7-16(10)11/h17H,4-9H2,1-3H3. The summed E-state index contributed by atoms with van der Waals surface area (Å²) in [5.41, 5.74) is -0.221. The number of likely N-dealkylation sites (N-methyl/N-ethyl adjacent to an activating group) is 1. The Morgan fingerprint density at radius 1 is 1.35 bits per heavy atom. The Labute approximate surface area is 102 Å². The average Bonchev–Trinajstić information content (AvgIpc) is 2.73. The Balaban J connectivity index is 2.11. The van der Waals surface area contributed by atoms with E-state index in [4.69, 9.17) is 0 Å². The van der Waals surface area contributed by atoms with Crippen molar-refractivity contribution in [3.63, 3.8) is 0 Å². The number of aromatic nitrogens is 3. The lowest BCUT2D eigenvalue weighted by molar-refractivity contribution is 0.0703. The van der Waals surface area contributed by atoms with Crippen LogP contribution in [0, 0.1) is 0 Å². The Morgan fingerprint density at radius 3 is 2.82 bits per heavy atom. The zero-order chi connectivity index (χ0) is 12.5. The third kappa shape index (κ3) is 2.50. The molecule has 0 radical (unpaired) electrons. The van der Waals surface area contributed by atoms with Gasteiger partial charge in [-0.15, -0.1) is 10.2 Å². The quantitative estimate of drug-likeness (QED) is 0.843. The zero-order valence-corrected chi connectivity index (χ0v) is 11.0. The highest BCUT2D eigenvalue weighted by Crippen LogP contribution is 2.18. The molecule has 17 heavy (non-hydrogen) atoms. The van der Waals surface area contributed by atoms with Gasteiger partial charge in [-0.3, -0.25) is 4.90 Å². The largest absolute Gasteiger partial charge is 0.394 e. The molecule has 1 N–H and O–H groups in total. The normalized spacial score (nSPS) is 16.3. The highest BCUT2D eigenvalue weighted by molar-refractivity contribution is 4.99. The smallest absolute Gasteiger partial charge is 0.147 e. The lowest BCUT2D eigenvalue weighted by atomic mass is 10.1. The molecule has 1 aromatic rings. The molecule has 0 spiro atoms. The van der Waals surface area contributed by atoms with Gasteiger partial charge in [-0.1, -0.05) is 0 Å². The highest BCUT2D eigenvalue weighted by atomic mass is 16.3. The summed E-state index contributed by atoms with van der Waals surface area (Å²) in [5.74, 6) is 2.13. The number of aliphatic hydroxyl groups excluding tert-OH is 1. The van der Waals surface area contributed by atoms with Crippen molar-refractivity contribution in [3.05, 3.63) is 11.6 Å². The van der Waals surface area contributed by atoms with Crippen molar-refractivity contribution in [3.8, 4) is 0 Å². The van der Waals surface area contributed by atoms with Crippen LogP contribution in [-0.2, 0) is 19.5 Å². The number of aryl methyl sites for hydroxylation is 1. The van der Waals surface area contributed by atoms with Crippen LogP contribution in [0.1, 0.15) is 38.3 Å². The zero-order valence-electron chi connectivity index (χ0n) is 11.0. The molecule has 0 saturated carbocycles. The molecule has 2 heterocycles. The van der Waals surface area contributed by atoms with E-state index >= 15 is 0 Å². The molecule has 0 saturated heterocycles. The molecule has 1 aliphatic heterocycles.